The third kappa shape index (κ3) is 4.49. The van der Waals surface area contributed by atoms with E-state index in [0.717, 1.165) is 0 Å². The smallest absolute Gasteiger partial charge is 0.253 e. The van der Waals surface area contributed by atoms with Crippen LogP contribution in [0.25, 0.3) is 0 Å². The zero-order valence-corrected chi connectivity index (χ0v) is 14.7. The molecule has 1 atom stereocenters. The second-order valence-electron chi connectivity index (χ2n) is 5.35. The topological polar surface area (TPSA) is 49.8 Å². The Labute approximate surface area is 147 Å². The van der Waals surface area contributed by atoms with E-state index in [1.54, 1.807) is 41.3 Å². The number of halogens is 1. The number of ether oxygens (including phenoxy) is 1. The molecule has 1 amide bonds. The van der Waals surface area contributed by atoms with Gasteiger partial charge in [-0.2, -0.15) is 0 Å². The van der Waals surface area contributed by atoms with E-state index in [1.807, 2.05) is 26.0 Å². The first kappa shape index (κ1) is 18.3. The van der Waals surface area contributed by atoms with Gasteiger partial charge in [0.1, 0.15) is 18.5 Å². The molecule has 4 nitrogen and oxygen atoms in total. The third-order valence-corrected chi connectivity index (χ3v) is 4.15. The Bertz CT molecular complexity index is 686. The fourth-order valence-corrected chi connectivity index (χ4v) is 2.68. The highest BCUT2D eigenvalue weighted by Crippen LogP contribution is 2.24. The van der Waals surface area contributed by atoms with Crippen LogP contribution in [0.15, 0.2) is 48.5 Å². The lowest BCUT2D eigenvalue weighted by molar-refractivity contribution is 0.0772. The summed E-state index contributed by atoms with van der Waals surface area (Å²) in [4.78, 5) is 14.1. The minimum atomic E-state index is -0.833. The summed E-state index contributed by atoms with van der Waals surface area (Å²) in [5.74, 6) is 0.510. The highest BCUT2D eigenvalue weighted by molar-refractivity contribution is 6.31. The normalized spacial score (nSPS) is 11.8. The van der Waals surface area contributed by atoms with Crippen LogP contribution < -0.4 is 4.74 Å². The third-order valence-electron chi connectivity index (χ3n) is 3.80. The van der Waals surface area contributed by atoms with Crippen molar-refractivity contribution in [3.63, 3.8) is 0 Å². The van der Waals surface area contributed by atoms with Gasteiger partial charge in [-0.3, -0.25) is 4.79 Å². The Hall–Kier alpha value is -2.04. The molecule has 0 saturated heterocycles. The molecule has 0 heterocycles. The van der Waals surface area contributed by atoms with Gasteiger partial charge in [0, 0.05) is 29.2 Å². The van der Waals surface area contributed by atoms with Gasteiger partial charge in [-0.15, -0.1) is 0 Å². The van der Waals surface area contributed by atoms with E-state index in [2.05, 4.69) is 0 Å². The van der Waals surface area contributed by atoms with Crippen LogP contribution in [0.1, 0.15) is 35.9 Å². The summed E-state index contributed by atoms with van der Waals surface area (Å²) in [6, 6.07) is 14.1. The predicted molar refractivity (Wildman–Crippen MR) is 95.6 cm³/mol. The monoisotopic (exact) mass is 347 g/mol. The largest absolute Gasteiger partial charge is 0.491 e. The maximum Gasteiger partial charge on any atom is 0.253 e. The van der Waals surface area contributed by atoms with Crippen molar-refractivity contribution < 1.29 is 14.6 Å². The van der Waals surface area contributed by atoms with E-state index in [0.29, 0.717) is 35.0 Å². The molecule has 0 aliphatic heterocycles. The molecule has 0 spiro atoms. The van der Waals surface area contributed by atoms with Crippen LogP contribution in [0.2, 0.25) is 5.02 Å². The molecule has 2 aromatic rings. The molecule has 0 fully saturated rings. The van der Waals surface area contributed by atoms with Gasteiger partial charge >= 0.3 is 0 Å². The first-order valence-electron chi connectivity index (χ1n) is 8.01. The molecule has 2 rings (SSSR count). The minimum Gasteiger partial charge on any atom is -0.491 e. The van der Waals surface area contributed by atoms with Crippen molar-refractivity contribution in [1.29, 1.82) is 0 Å². The van der Waals surface area contributed by atoms with Crippen molar-refractivity contribution in [2.24, 2.45) is 0 Å². The van der Waals surface area contributed by atoms with E-state index in [1.165, 1.54) is 0 Å². The number of carbonyl (C=O) groups is 1. The summed E-state index contributed by atoms with van der Waals surface area (Å²) >= 11 is 6.07. The van der Waals surface area contributed by atoms with Gasteiger partial charge in [-0.1, -0.05) is 35.9 Å². The summed E-state index contributed by atoms with van der Waals surface area (Å²) in [6.45, 7) is 5.27. The Morgan fingerprint density at radius 3 is 2.54 bits per heavy atom. The van der Waals surface area contributed by atoms with Crippen molar-refractivity contribution in [1.82, 2.24) is 4.90 Å². The Kier molecular flexibility index (Phi) is 6.64. The second kappa shape index (κ2) is 8.71. The highest BCUT2D eigenvalue weighted by atomic mass is 35.5. The van der Waals surface area contributed by atoms with Crippen LogP contribution in [0.4, 0.5) is 0 Å². The summed E-state index contributed by atoms with van der Waals surface area (Å²) < 4.78 is 5.64. The average Bonchev–Trinajstić information content (AvgIpc) is 2.61. The van der Waals surface area contributed by atoms with E-state index in [-0.39, 0.29) is 12.5 Å². The number of hydrogen-bond donors (Lipinski definition) is 1. The molecule has 0 saturated carbocycles. The average molecular weight is 348 g/mol. The molecule has 1 N–H and O–H groups in total. The lowest BCUT2D eigenvalue weighted by Gasteiger charge is -2.19. The first-order chi connectivity index (χ1) is 11.6. The van der Waals surface area contributed by atoms with Crippen molar-refractivity contribution in [2.45, 2.75) is 20.0 Å². The molecule has 5 heteroatoms. The van der Waals surface area contributed by atoms with Gasteiger partial charge in [0.2, 0.25) is 0 Å². The maximum atomic E-state index is 12.4. The number of rotatable bonds is 7. The van der Waals surface area contributed by atoms with Gasteiger partial charge in [0.15, 0.2) is 0 Å². The summed E-state index contributed by atoms with van der Waals surface area (Å²) in [6.07, 6.45) is -0.833. The number of nitrogens with zero attached hydrogens (tertiary/aromatic N) is 1. The van der Waals surface area contributed by atoms with Gasteiger partial charge < -0.3 is 14.7 Å². The first-order valence-corrected chi connectivity index (χ1v) is 8.39. The number of benzene rings is 2. The van der Waals surface area contributed by atoms with Crippen LogP contribution in [-0.4, -0.2) is 35.6 Å². The number of amides is 1. The van der Waals surface area contributed by atoms with E-state index in [4.69, 9.17) is 16.3 Å². The quantitative estimate of drug-likeness (QED) is 0.825. The van der Waals surface area contributed by atoms with Gasteiger partial charge in [-0.25, -0.2) is 0 Å². The van der Waals surface area contributed by atoms with Crippen LogP contribution in [0.5, 0.6) is 5.75 Å². The zero-order valence-electron chi connectivity index (χ0n) is 13.9. The Morgan fingerprint density at radius 1 is 1.17 bits per heavy atom. The standard InChI is InChI=1S/C19H22ClNO3/c1-3-21(4-2)19(23)14-8-7-9-15(12-14)24-13-18(22)16-10-5-6-11-17(16)20/h5-12,18,22H,3-4,13H2,1-2H3. The van der Waals surface area contributed by atoms with E-state index >= 15 is 0 Å². The van der Waals surface area contributed by atoms with Crippen LogP contribution in [-0.2, 0) is 0 Å². The molecular formula is C19H22ClNO3. The summed E-state index contributed by atoms with van der Waals surface area (Å²) in [5, 5.41) is 10.7. The summed E-state index contributed by atoms with van der Waals surface area (Å²) in [5.41, 5.74) is 1.19. The highest BCUT2D eigenvalue weighted by Gasteiger charge is 2.15. The molecule has 0 radical (unpaired) electrons. The molecule has 0 aliphatic rings. The number of aliphatic hydroxyl groups excluding tert-OH is 1. The molecule has 0 bridgehead atoms. The number of carbonyl (C=O) groups excluding carboxylic acids is 1. The van der Waals surface area contributed by atoms with Gasteiger partial charge in [-0.05, 0) is 38.1 Å². The van der Waals surface area contributed by atoms with Crippen molar-refractivity contribution in [3.8, 4) is 5.75 Å². The number of hydrogen-bond acceptors (Lipinski definition) is 3. The lowest BCUT2D eigenvalue weighted by Crippen LogP contribution is -2.30. The minimum absolute atomic E-state index is 0.0305. The SMILES string of the molecule is CCN(CC)C(=O)c1cccc(OCC(O)c2ccccc2Cl)c1. The van der Waals surface area contributed by atoms with Crippen LogP contribution in [0, 0.1) is 0 Å². The van der Waals surface area contributed by atoms with Crippen molar-refractivity contribution in [3.05, 3.63) is 64.7 Å². The molecule has 1 unspecified atom stereocenters. The second-order valence-corrected chi connectivity index (χ2v) is 5.76. The zero-order chi connectivity index (χ0) is 17.5. The maximum absolute atomic E-state index is 12.4. The molecule has 24 heavy (non-hydrogen) atoms. The molecular weight excluding hydrogens is 326 g/mol. The van der Waals surface area contributed by atoms with Gasteiger partial charge in [0.25, 0.3) is 5.91 Å². The van der Waals surface area contributed by atoms with Crippen molar-refractivity contribution >= 4 is 17.5 Å². The Balaban J connectivity index is 2.05. The lowest BCUT2D eigenvalue weighted by atomic mass is 10.1. The van der Waals surface area contributed by atoms with Crippen molar-refractivity contribution in [2.75, 3.05) is 19.7 Å². The Morgan fingerprint density at radius 2 is 1.88 bits per heavy atom. The van der Waals surface area contributed by atoms with Gasteiger partial charge in [0.05, 0.1) is 0 Å². The molecule has 0 aliphatic carbocycles. The molecule has 0 aromatic heterocycles. The van der Waals surface area contributed by atoms with Crippen LogP contribution in [0.3, 0.4) is 0 Å². The molecule has 2 aromatic carbocycles. The van der Waals surface area contributed by atoms with E-state index < -0.39 is 6.10 Å². The molecule has 128 valence electrons. The fourth-order valence-electron chi connectivity index (χ4n) is 2.42. The van der Waals surface area contributed by atoms with Crippen LogP contribution >= 0.6 is 11.6 Å². The predicted octanol–water partition coefficient (Wildman–Crippen LogP) is 3.93. The van der Waals surface area contributed by atoms with E-state index in [9.17, 15) is 9.90 Å². The summed E-state index contributed by atoms with van der Waals surface area (Å²) in [7, 11) is 0. The number of aliphatic hydroxyl groups is 1. The fraction of sp³-hybridized carbons (Fsp3) is 0.316.